The number of carbonyl (C=O) groups is 2. The van der Waals surface area contributed by atoms with E-state index in [0.29, 0.717) is 12.8 Å². The van der Waals surface area contributed by atoms with Crippen molar-refractivity contribution in [2.24, 2.45) is 0 Å². The first kappa shape index (κ1) is 15.9. The highest BCUT2D eigenvalue weighted by Gasteiger charge is 2.37. The van der Waals surface area contributed by atoms with E-state index in [-0.39, 0.29) is 23.8 Å². The van der Waals surface area contributed by atoms with Gasteiger partial charge in [0.2, 0.25) is 11.8 Å². The lowest BCUT2D eigenvalue weighted by atomic mass is 10.2. The van der Waals surface area contributed by atoms with Gasteiger partial charge in [-0.1, -0.05) is 6.92 Å². The van der Waals surface area contributed by atoms with Crippen molar-refractivity contribution in [3.05, 3.63) is 30.1 Å². The van der Waals surface area contributed by atoms with Crippen molar-refractivity contribution in [2.45, 2.75) is 32.4 Å². The topological polar surface area (TPSA) is 43.9 Å². The van der Waals surface area contributed by atoms with Gasteiger partial charge < -0.3 is 4.90 Å². The first-order chi connectivity index (χ1) is 11.1. The van der Waals surface area contributed by atoms with Gasteiger partial charge in [0.15, 0.2) is 0 Å². The molecule has 0 aromatic heterocycles. The minimum absolute atomic E-state index is 0.0529. The zero-order valence-corrected chi connectivity index (χ0v) is 13.4. The molecule has 1 atom stereocenters. The van der Waals surface area contributed by atoms with Crippen molar-refractivity contribution in [1.29, 1.82) is 0 Å². The zero-order valence-electron chi connectivity index (χ0n) is 13.4. The highest BCUT2D eigenvalue weighted by atomic mass is 19.1. The molecule has 2 aliphatic rings. The summed E-state index contributed by atoms with van der Waals surface area (Å²) in [5.41, 5.74) is 1.01. The van der Waals surface area contributed by atoms with E-state index < -0.39 is 0 Å². The summed E-state index contributed by atoms with van der Waals surface area (Å²) in [6.07, 6.45) is 1.29. The molecule has 23 heavy (non-hydrogen) atoms. The second-order valence-electron chi connectivity index (χ2n) is 6.05. The van der Waals surface area contributed by atoms with Gasteiger partial charge in [0.25, 0.3) is 0 Å². The summed E-state index contributed by atoms with van der Waals surface area (Å²) in [6, 6.07) is 6.52. The number of hydrogen-bond acceptors (Lipinski definition) is 4. The third-order valence-electron chi connectivity index (χ3n) is 4.68. The Morgan fingerprint density at radius 3 is 2.09 bits per heavy atom. The molecule has 1 aromatic rings. The average molecular weight is 319 g/mol. The summed E-state index contributed by atoms with van der Waals surface area (Å²) in [4.78, 5) is 29.8. The van der Waals surface area contributed by atoms with E-state index in [9.17, 15) is 14.0 Å². The molecular weight excluding hydrogens is 297 g/mol. The molecule has 6 heteroatoms. The molecule has 0 saturated carbocycles. The van der Waals surface area contributed by atoms with Crippen molar-refractivity contribution >= 4 is 17.5 Å². The van der Waals surface area contributed by atoms with Gasteiger partial charge >= 0.3 is 0 Å². The van der Waals surface area contributed by atoms with Crippen molar-refractivity contribution < 1.29 is 14.0 Å². The Labute approximate surface area is 135 Å². The van der Waals surface area contributed by atoms with Gasteiger partial charge in [-0.15, -0.1) is 0 Å². The summed E-state index contributed by atoms with van der Waals surface area (Å²) in [5, 5.41) is 0. The lowest BCUT2D eigenvalue weighted by Crippen LogP contribution is -2.57. The molecule has 2 heterocycles. The molecular formula is C17H22FN3O2. The third kappa shape index (κ3) is 3.22. The van der Waals surface area contributed by atoms with Crippen LogP contribution in [0.25, 0.3) is 0 Å². The molecule has 5 nitrogen and oxygen atoms in total. The van der Waals surface area contributed by atoms with E-state index in [0.717, 1.165) is 38.3 Å². The second-order valence-corrected chi connectivity index (χ2v) is 6.05. The summed E-state index contributed by atoms with van der Waals surface area (Å²) in [5.74, 6) is -0.338. The van der Waals surface area contributed by atoms with Gasteiger partial charge in [0.05, 0.1) is 6.17 Å². The highest BCUT2D eigenvalue weighted by Crippen LogP contribution is 2.23. The van der Waals surface area contributed by atoms with Crippen molar-refractivity contribution in [3.8, 4) is 0 Å². The Morgan fingerprint density at radius 2 is 1.57 bits per heavy atom. The Hall–Kier alpha value is -1.95. The van der Waals surface area contributed by atoms with Gasteiger partial charge in [-0.2, -0.15) is 0 Å². The fourth-order valence-electron chi connectivity index (χ4n) is 3.46. The van der Waals surface area contributed by atoms with Gasteiger partial charge in [-0.05, 0) is 30.7 Å². The van der Waals surface area contributed by atoms with Crippen LogP contribution in [0.2, 0.25) is 0 Å². The minimum atomic E-state index is -0.232. The van der Waals surface area contributed by atoms with Crippen LogP contribution < -0.4 is 4.90 Å². The fraction of sp³-hybridized carbons (Fsp3) is 0.529. The summed E-state index contributed by atoms with van der Waals surface area (Å²) >= 11 is 0. The maximum atomic E-state index is 13.0. The lowest BCUT2D eigenvalue weighted by molar-refractivity contribution is -0.146. The summed E-state index contributed by atoms with van der Waals surface area (Å²) in [7, 11) is 0. The van der Waals surface area contributed by atoms with Gasteiger partial charge in [0, 0.05) is 44.7 Å². The average Bonchev–Trinajstić information content (AvgIpc) is 2.90. The van der Waals surface area contributed by atoms with Crippen molar-refractivity contribution in [3.63, 3.8) is 0 Å². The summed E-state index contributed by atoms with van der Waals surface area (Å²) < 4.78 is 13.0. The van der Waals surface area contributed by atoms with E-state index >= 15 is 0 Å². The van der Waals surface area contributed by atoms with Crippen molar-refractivity contribution in [2.75, 3.05) is 31.1 Å². The van der Waals surface area contributed by atoms with Gasteiger partial charge in [-0.3, -0.25) is 19.4 Å². The molecule has 0 aliphatic carbocycles. The molecule has 0 radical (unpaired) electrons. The van der Waals surface area contributed by atoms with E-state index in [2.05, 4.69) is 9.80 Å². The predicted octanol–water partition coefficient (Wildman–Crippen LogP) is 1.83. The number of imide groups is 1. The Morgan fingerprint density at radius 1 is 1.00 bits per heavy atom. The molecule has 124 valence electrons. The van der Waals surface area contributed by atoms with Crippen LogP contribution >= 0.6 is 0 Å². The number of benzene rings is 1. The van der Waals surface area contributed by atoms with Crippen LogP contribution in [0.15, 0.2) is 24.3 Å². The molecule has 1 aromatic carbocycles. The van der Waals surface area contributed by atoms with Crippen LogP contribution in [0.3, 0.4) is 0 Å². The van der Waals surface area contributed by atoms with Crippen molar-refractivity contribution in [1.82, 2.24) is 9.80 Å². The second kappa shape index (κ2) is 6.66. The molecule has 2 fully saturated rings. The largest absolute Gasteiger partial charge is 0.369 e. The zero-order chi connectivity index (χ0) is 16.4. The standard InChI is InChI=1S/C17H22FN3O2/c1-2-15(21-16(22)7-8-17(21)23)20-11-9-19(10-12-20)14-5-3-13(18)4-6-14/h3-6,15H,2,7-12H2,1H3. The maximum absolute atomic E-state index is 13.0. The number of likely N-dealkylation sites (tertiary alicyclic amines) is 1. The number of amides is 2. The normalized spacial score (nSPS) is 21.1. The smallest absolute Gasteiger partial charge is 0.231 e. The minimum Gasteiger partial charge on any atom is -0.369 e. The molecule has 2 aliphatic heterocycles. The molecule has 0 bridgehead atoms. The summed E-state index contributed by atoms with van der Waals surface area (Å²) in [6.45, 7) is 5.19. The molecule has 2 saturated heterocycles. The first-order valence-corrected chi connectivity index (χ1v) is 8.19. The third-order valence-corrected chi connectivity index (χ3v) is 4.68. The molecule has 3 rings (SSSR count). The van der Waals surface area contributed by atoms with Crippen LogP contribution in [0.4, 0.5) is 10.1 Å². The fourth-order valence-corrected chi connectivity index (χ4v) is 3.46. The molecule has 1 unspecified atom stereocenters. The number of hydrogen-bond donors (Lipinski definition) is 0. The van der Waals surface area contributed by atoms with E-state index in [1.165, 1.54) is 17.0 Å². The molecule has 2 amide bonds. The number of nitrogens with zero attached hydrogens (tertiary/aromatic N) is 3. The maximum Gasteiger partial charge on any atom is 0.231 e. The van der Waals surface area contributed by atoms with Crippen LogP contribution in [0, 0.1) is 5.82 Å². The Bertz CT molecular complexity index is 566. The van der Waals surface area contributed by atoms with Crippen LogP contribution in [-0.4, -0.2) is 54.0 Å². The van der Waals surface area contributed by atoms with Gasteiger partial charge in [0.1, 0.15) is 5.82 Å². The number of halogens is 1. The first-order valence-electron chi connectivity index (χ1n) is 8.19. The predicted molar refractivity (Wildman–Crippen MR) is 85.4 cm³/mol. The van der Waals surface area contributed by atoms with E-state index in [4.69, 9.17) is 0 Å². The Balaban J connectivity index is 1.64. The molecule has 0 N–H and O–H groups in total. The number of rotatable bonds is 4. The Kier molecular flexibility index (Phi) is 4.61. The number of anilines is 1. The van der Waals surface area contributed by atoms with E-state index in [1.54, 1.807) is 12.1 Å². The van der Waals surface area contributed by atoms with Gasteiger partial charge in [-0.25, -0.2) is 4.39 Å². The lowest BCUT2D eigenvalue weighted by Gasteiger charge is -2.42. The van der Waals surface area contributed by atoms with Crippen LogP contribution in [0.5, 0.6) is 0 Å². The molecule has 0 spiro atoms. The SMILES string of the molecule is CCC(N1CCN(c2ccc(F)cc2)CC1)N1C(=O)CCC1=O. The number of carbonyl (C=O) groups excluding carboxylic acids is 2. The van der Waals surface area contributed by atoms with Crippen LogP contribution in [-0.2, 0) is 9.59 Å². The monoisotopic (exact) mass is 319 g/mol. The van der Waals surface area contributed by atoms with Crippen LogP contribution in [0.1, 0.15) is 26.2 Å². The van der Waals surface area contributed by atoms with E-state index in [1.807, 2.05) is 6.92 Å². The highest BCUT2D eigenvalue weighted by molar-refractivity contribution is 6.02. The quantitative estimate of drug-likeness (QED) is 0.794. The number of piperazine rings is 1.